The number of nitrogens with one attached hydrogen (secondary N) is 1. The number of hydrogen-bond acceptors (Lipinski definition) is 5. The number of aromatic nitrogens is 1. The summed E-state index contributed by atoms with van der Waals surface area (Å²) >= 11 is 0. The minimum atomic E-state index is -4.96. The van der Waals surface area contributed by atoms with Crippen LogP contribution in [0.2, 0.25) is 0 Å². The second-order valence-electron chi connectivity index (χ2n) is 6.66. The molecule has 1 saturated heterocycles. The number of halogens is 4. The largest absolute Gasteiger partial charge is 0.573 e. The summed E-state index contributed by atoms with van der Waals surface area (Å²) in [6.07, 6.45) is 1.06. The first kappa shape index (κ1) is 20.6. The van der Waals surface area contributed by atoms with Crippen LogP contribution in [0.3, 0.4) is 0 Å². The van der Waals surface area contributed by atoms with Gasteiger partial charge in [-0.15, -0.1) is 13.2 Å². The SMILES string of the molecule is N=CC(=CN)C1CCN(c2ccnc(-c3ccc(OC(F)(F)F)c(F)c3)c2)CC1. The first-order chi connectivity index (χ1) is 13.8. The van der Waals surface area contributed by atoms with Gasteiger partial charge in [-0.25, -0.2) is 4.39 Å². The molecule has 3 rings (SSSR count). The van der Waals surface area contributed by atoms with Gasteiger partial charge >= 0.3 is 6.36 Å². The molecule has 0 bridgehead atoms. The van der Waals surface area contributed by atoms with Gasteiger partial charge in [-0.3, -0.25) is 4.98 Å². The molecule has 1 fully saturated rings. The molecule has 2 aromatic rings. The highest BCUT2D eigenvalue weighted by molar-refractivity contribution is 5.76. The highest BCUT2D eigenvalue weighted by atomic mass is 19.4. The zero-order chi connectivity index (χ0) is 21.0. The fourth-order valence-electron chi connectivity index (χ4n) is 3.41. The van der Waals surface area contributed by atoms with Gasteiger partial charge in [0.1, 0.15) is 0 Å². The number of hydrogen-bond donors (Lipinski definition) is 2. The van der Waals surface area contributed by atoms with Crippen molar-refractivity contribution < 1.29 is 22.3 Å². The van der Waals surface area contributed by atoms with E-state index in [-0.39, 0.29) is 5.92 Å². The monoisotopic (exact) mass is 408 g/mol. The maximum atomic E-state index is 14.0. The summed E-state index contributed by atoms with van der Waals surface area (Å²) in [7, 11) is 0. The van der Waals surface area contributed by atoms with Crippen molar-refractivity contribution in [1.29, 1.82) is 5.41 Å². The lowest BCUT2D eigenvalue weighted by Gasteiger charge is -2.34. The molecule has 0 radical (unpaired) electrons. The van der Waals surface area contributed by atoms with E-state index in [4.69, 9.17) is 11.1 Å². The molecule has 5 nitrogen and oxygen atoms in total. The lowest BCUT2D eigenvalue weighted by molar-refractivity contribution is -0.275. The standard InChI is InChI=1S/C20H20F4N4O/c21-17-9-14(1-2-19(17)29-20(22,23)24)18-10-16(3-6-27-18)28-7-4-13(5-8-28)15(11-25)12-26/h1-3,6,9-13,25H,4-5,7-8,26H2. The Hall–Kier alpha value is -3.10. The van der Waals surface area contributed by atoms with E-state index in [1.165, 1.54) is 18.5 Å². The Labute approximate surface area is 165 Å². The van der Waals surface area contributed by atoms with Gasteiger partial charge < -0.3 is 20.8 Å². The molecule has 1 aliphatic rings. The predicted molar refractivity (Wildman–Crippen MR) is 102 cm³/mol. The summed E-state index contributed by atoms with van der Waals surface area (Å²) in [5, 5.41) is 7.42. The van der Waals surface area contributed by atoms with Gasteiger partial charge in [0.15, 0.2) is 11.6 Å². The van der Waals surface area contributed by atoms with Gasteiger partial charge in [-0.2, -0.15) is 0 Å². The van der Waals surface area contributed by atoms with E-state index in [9.17, 15) is 17.6 Å². The van der Waals surface area contributed by atoms with Crippen LogP contribution in [0.25, 0.3) is 11.3 Å². The lowest BCUT2D eigenvalue weighted by atomic mass is 9.90. The molecule has 1 aromatic carbocycles. The first-order valence-electron chi connectivity index (χ1n) is 8.99. The topological polar surface area (TPSA) is 75.2 Å². The summed E-state index contributed by atoms with van der Waals surface area (Å²) in [5.41, 5.74) is 8.07. The maximum absolute atomic E-state index is 14.0. The van der Waals surface area contributed by atoms with E-state index in [1.54, 1.807) is 12.3 Å². The number of rotatable bonds is 5. The minimum Gasteiger partial charge on any atom is -0.404 e. The van der Waals surface area contributed by atoms with E-state index in [0.29, 0.717) is 11.3 Å². The molecule has 3 N–H and O–H groups in total. The molecular weight excluding hydrogens is 388 g/mol. The van der Waals surface area contributed by atoms with Gasteiger partial charge in [-0.1, -0.05) is 0 Å². The Morgan fingerprint density at radius 3 is 2.52 bits per heavy atom. The van der Waals surface area contributed by atoms with Crippen LogP contribution in [-0.4, -0.2) is 30.7 Å². The summed E-state index contributed by atoms with van der Waals surface area (Å²) in [5.74, 6) is -1.75. The molecule has 2 heterocycles. The van der Waals surface area contributed by atoms with Crippen molar-refractivity contribution in [2.24, 2.45) is 11.7 Å². The Balaban J connectivity index is 1.75. The minimum absolute atomic E-state index is 0.241. The third kappa shape index (κ3) is 5.04. The number of pyridine rings is 1. The van der Waals surface area contributed by atoms with Crippen LogP contribution < -0.4 is 15.4 Å². The highest BCUT2D eigenvalue weighted by Crippen LogP contribution is 2.31. The first-order valence-corrected chi connectivity index (χ1v) is 8.99. The smallest absolute Gasteiger partial charge is 0.404 e. The molecule has 0 amide bonds. The summed E-state index contributed by atoms with van der Waals surface area (Å²) < 4.78 is 54.6. The van der Waals surface area contributed by atoms with Crippen molar-refractivity contribution >= 4 is 11.9 Å². The second-order valence-corrected chi connectivity index (χ2v) is 6.66. The maximum Gasteiger partial charge on any atom is 0.573 e. The van der Waals surface area contributed by atoms with Crippen LogP contribution in [0.5, 0.6) is 5.75 Å². The molecule has 0 aliphatic carbocycles. The van der Waals surface area contributed by atoms with Gasteiger partial charge in [-0.05, 0) is 60.9 Å². The van der Waals surface area contributed by atoms with Gasteiger partial charge in [0, 0.05) is 36.8 Å². The molecule has 0 spiro atoms. The molecule has 0 unspecified atom stereocenters. The number of piperidine rings is 1. The molecule has 154 valence electrons. The van der Waals surface area contributed by atoms with Gasteiger partial charge in [0.25, 0.3) is 0 Å². The van der Waals surface area contributed by atoms with Crippen molar-refractivity contribution in [3.8, 4) is 17.0 Å². The van der Waals surface area contributed by atoms with Gasteiger partial charge in [0.05, 0.1) is 5.69 Å². The summed E-state index contributed by atoms with van der Waals surface area (Å²) in [6, 6.07) is 6.86. The van der Waals surface area contributed by atoms with Crippen LogP contribution in [0.1, 0.15) is 12.8 Å². The molecule has 0 saturated carbocycles. The van der Waals surface area contributed by atoms with Crippen LogP contribution in [-0.2, 0) is 0 Å². The van der Waals surface area contributed by atoms with Crippen molar-refractivity contribution in [1.82, 2.24) is 4.98 Å². The van der Waals surface area contributed by atoms with E-state index >= 15 is 0 Å². The highest BCUT2D eigenvalue weighted by Gasteiger charge is 2.32. The Morgan fingerprint density at radius 1 is 1.21 bits per heavy atom. The van der Waals surface area contributed by atoms with E-state index in [0.717, 1.165) is 49.3 Å². The fraction of sp³-hybridized carbons (Fsp3) is 0.300. The normalized spacial score (nSPS) is 16.0. The third-order valence-corrected chi connectivity index (χ3v) is 4.89. The number of allylic oxidation sites excluding steroid dienone is 1. The predicted octanol–water partition coefficient (Wildman–Crippen LogP) is 4.49. The zero-order valence-corrected chi connectivity index (χ0v) is 15.4. The number of benzene rings is 1. The number of nitrogens with two attached hydrogens (primary N) is 1. The van der Waals surface area contributed by atoms with Gasteiger partial charge in [0.2, 0.25) is 0 Å². The van der Waals surface area contributed by atoms with Crippen LogP contribution >= 0.6 is 0 Å². The average Bonchev–Trinajstić information content (AvgIpc) is 2.70. The van der Waals surface area contributed by atoms with Crippen molar-refractivity contribution in [2.45, 2.75) is 19.2 Å². The van der Waals surface area contributed by atoms with Crippen molar-refractivity contribution in [2.75, 3.05) is 18.0 Å². The van der Waals surface area contributed by atoms with Crippen LogP contribution in [0.4, 0.5) is 23.2 Å². The molecule has 9 heteroatoms. The fourth-order valence-corrected chi connectivity index (χ4v) is 3.41. The van der Waals surface area contributed by atoms with Crippen molar-refractivity contribution in [3.63, 3.8) is 0 Å². The van der Waals surface area contributed by atoms with E-state index in [2.05, 4.69) is 14.6 Å². The lowest BCUT2D eigenvalue weighted by Crippen LogP contribution is -2.34. The molecular formula is C20H20F4N4O. The van der Waals surface area contributed by atoms with Crippen molar-refractivity contribution in [3.05, 3.63) is 54.1 Å². The number of alkyl halides is 3. The number of nitrogens with zero attached hydrogens (tertiary/aromatic N) is 2. The number of anilines is 1. The summed E-state index contributed by atoms with van der Waals surface area (Å²) in [6.45, 7) is 1.51. The zero-order valence-electron chi connectivity index (χ0n) is 15.4. The Bertz CT molecular complexity index is 906. The van der Waals surface area contributed by atoms with Crippen LogP contribution in [0, 0.1) is 17.1 Å². The molecule has 1 aliphatic heterocycles. The Kier molecular flexibility index (Phi) is 6.05. The van der Waals surface area contributed by atoms with Crippen LogP contribution in [0.15, 0.2) is 48.3 Å². The Morgan fingerprint density at radius 2 is 1.93 bits per heavy atom. The molecule has 1 aromatic heterocycles. The average molecular weight is 408 g/mol. The molecule has 0 atom stereocenters. The molecule has 29 heavy (non-hydrogen) atoms. The second kappa shape index (κ2) is 8.50. The van der Waals surface area contributed by atoms with E-state index < -0.39 is 17.9 Å². The number of ether oxygens (including phenoxy) is 1. The quantitative estimate of drug-likeness (QED) is 0.565. The van der Waals surface area contributed by atoms with E-state index in [1.807, 2.05) is 6.07 Å². The summed E-state index contributed by atoms with van der Waals surface area (Å²) in [4.78, 5) is 6.36. The third-order valence-electron chi connectivity index (χ3n) is 4.89.